The van der Waals surface area contributed by atoms with Gasteiger partial charge in [-0.05, 0) is 49.1 Å². The molecule has 0 bridgehead atoms. The quantitative estimate of drug-likeness (QED) is 0.792. The second-order valence-electron chi connectivity index (χ2n) is 4.06. The number of allylic oxidation sites excluding steroid dienone is 6. The largest absolute Gasteiger partial charge is 0.508 e. The van der Waals surface area contributed by atoms with Gasteiger partial charge in [-0.1, -0.05) is 35.9 Å². The molecule has 0 aliphatic heterocycles. The van der Waals surface area contributed by atoms with Crippen molar-refractivity contribution in [2.45, 2.75) is 19.8 Å². The molecule has 1 aliphatic carbocycles. The maximum absolute atomic E-state index is 9.20. The Bertz CT molecular complexity index is 447. The Morgan fingerprint density at radius 2 is 2.06 bits per heavy atom. The van der Waals surface area contributed by atoms with Crippen LogP contribution in [0.25, 0.3) is 0 Å². The third kappa shape index (κ3) is 2.63. The molecule has 1 nitrogen and oxygen atoms in total. The number of hydrogen-bond acceptors (Lipinski definition) is 1. The summed E-state index contributed by atoms with van der Waals surface area (Å²) in [7, 11) is 0. The maximum Gasteiger partial charge on any atom is 0.115 e. The number of rotatable bonds is 2. The molecule has 81 valence electrons. The summed E-state index contributed by atoms with van der Waals surface area (Å²) >= 11 is 0. The molecule has 0 unspecified atom stereocenters. The van der Waals surface area contributed by atoms with E-state index in [1.807, 2.05) is 18.2 Å². The van der Waals surface area contributed by atoms with E-state index in [1.54, 1.807) is 12.1 Å². The van der Waals surface area contributed by atoms with Crippen LogP contribution in [0.15, 0.2) is 53.6 Å². The lowest BCUT2D eigenvalue weighted by Gasteiger charge is -2.09. The number of aromatic hydroxyl groups is 1. The lowest BCUT2D eigenvalue weighted by molar-refractivity contribution is 0.475. The van der Waals surface area contributed by atoms with Crippen LogP contribution in [0.2, 0.25) is 0 Å². The maximum atomic E-state index is 9.20. The standard InChI is InChI=1S/C15H15O/c1-12(14-5-3-2-4-6-14)11-13-7-9-15(16)10-8-13/h3-5,7-10,16H,6,11H2,1H3. The lowest BCUT2D eigenvalue weighted by atomic mass is 9.97. The molecule has 2 rings (SSSR count). The molecule has 1 N–H and O–H groups in total. The molecule has 1 heteroatoms. The second-order valence-corrected chi connectivity index (χ2v) is 4.06. The van der Waals surface area contributed by atoms with Crippen LogP contribution in [0.1, 0.15) is 18.9 Å². The van der Waals surface area contributed by atoms with Gasteiger partial charge in [0.05, 0.1) is 0 Å². The van der Waals surface area contributed by atoms with E-state index < -0.39 is 0 Å². The first kappa shape index (κ1) is 10.7. The van der Waals surface area contributed by atoms with Gasteiger partial charge in [-0.3, -0.25) is 0 Å². The fraction of sp³-hybridized carbons (Fsp3) is 0.200. The Hall–Kier alpha value is -1.76. The van der Waals surface area contributed by atoms with Gasteiger partial charge in [0.15, 0.2) is 0 Å². The van der Waals surface area contributed by atoms with Crippen LogP contribution in [-0.4, -0.2) is 5.11 Å². The second kappa shape index (κ2) is 4.84. The molecular formula is C15H15O. The van der Waals surface area contributed by atoms with E-state index in [0.29, 0.717) is 5.75 Å². The van der Waals surface area contributed by atoms with Crippen LogP contribution < -0.4 is 0 Å². The third-order valence-corrected chi connectivity index (χ3v) is 2.77. The van der Waals surface area contributed by atoms with Gasteiger partial charge in [-0.25, -0.2) is 0 Å². The molecule has 0 fully saturated rings. The highest BCUT2D eigenvalue weighted by Gasteiger charge is 2.02. The molecule has 16 heavy (non-hydrogen) atoms. The first-order chi connectivity index (χ1) is 7.75. The molecule has 0 spiro atoms. The first-order valence-corrected chi connectivity index (χ1v) is 5.46. The van der Waals surface area contributed by atoms with E-state index in [0.717, 1.165) is 12.8 Å². The van der Waals surface area contributed by atoms with Gasteiger partial charge in [0.25, 0.3) is 0 Å². The molecule has 1 aromatic rings. The Labute approximate surface area is 96.4 Å². The molecule has 0 atom stereocenters. The number of phenols is 1. The fourth-order valence-corrected chi connectivity index (χ4v) is 1.80. The number of benzene rings is 1. The molecule has 1 radical (unpaired) electrons. The molecule has 0 heterocycles. The minimum absolute atomic E-state index is 0.323. The van der Waals surface area contributed by atoms with Crippen LogP contribution in [0, 0.1) is 6.08 Å². The molecule has 1 aliphatic rings. The molecule has 1 aromatic carbocycles. The van der Waals surface area contributed by atoms with Crippen molar-refractivity contribution in [1.82, 2.24) is 0 Å². The third-order valence-electron chi connectivity index (χ3n) is 2.77. The van der Waals surface area contributed by atoms with Gasteiger partial charge in [-0.15, -0.1) is 0 Å². The van der Waals surface area contributed by atoms with Gasteiger partial charge >= 0.3 is 0 Å². The summed E-state index contributed by atoms with van der Waals surface area (Å²) in [5.74, 6) is 0.323. The number of hydrogen-bond donors (Lipinski definition) is 1. The van der Waals surface area contributed by atoms with E-state index in [2.05, 4.69) is 25.2 Å². The normalized spacial score (nSPS) is 17.6. The predicted octanol–water partition coefficient (Wildman–Crippen LogP) is 3.57. The summed E-state index contributed by atoms with van der Waals surface area (Å²) in [6, 6.07) is 7.40. The Morgan fingerprint density at radius 3 is 2.69 bits per heavy atom. The minimum Gasteiger partial charge on any atom is -0.508 e. The summed E-state index contributed by atoms with van der Waals surface area (Å²) in [6.45, 7) is 2.16. The van der Waals surface area contributed by atoms with Crippen molar-refractivity contribution in [3.8, 4) is 5.75 Å². The van der Waals surface area contributed by atoms with Gasteiger partial charge in [0.1, 0.15) is 5.75 Å². The smallest absolute Gasteiger partial charge is 0.115 e. The Balaban J connectivity index is 2.12. The van der Waals surface area contributed by atoms with Crippen molar-refractivity contribution >= 4 is 0 Å². The fourth-order valence-electron chi connectivity index (χ4n) is 1.80. The van der Waals surface area contributed by atoms with Crippen LogP contribution in [0.5, 0.6) is 5.75 Å². The van der Waals surface area contributed by atoms with Crippen molar-refractivity contribution in [2.75, 3.05) is 0 Å². The minimum atomic E-state index is 0.323. The van der Waals surface area contributed by atoms with Gasteiger partial charge in [-0.2, -0.15) is 0 Å². The zero-order valence-electron chi connectivity index (χ0n) is 9.40. The summed E-state index contributed by atoms with van der Waals surface area (Å²) < 4.78 is 0. The Kier molecular flexibility index (Phi) is 3.25. The summed E-state index contributed by atoms with van der Waals surface area (Å²) in [6.07, 6.45) is 11.1. The Morgan fingerprint density at radius 1 is 1.31 bits per heavy atom. The van der Waals surface area contributed by atoms with Crippen LogP contribution >= 0.6 is 0 Å². The van der Waals surface area contributed by atoms with Crippen molar-refractivity contribution < 1.29 is 5.11 Å². The topological polar surface area (TPSA) is 20.2 Å². The lowest BCUT2D eigenvalue weighted by Crippen LogP contribution is -1.92. The van der Waals surface area contributed by atoms with E-state index in [4.69, 9.17) is 0 Å². The van der Waals surface area contributed by atoms with E-state index in [-0.39, 0.29) is 0 Å². The van der Waals surface area contributed by atoms with E-state index in [9.17, 15) is 5.11 Å². The monoisotopic (exact) mass is 211 g/mol. The van der Waals surface area contributed by atoms with Crippen LogP contribution in [-0.2, 0) is 6.42 Å². The molecule has 0 saturated carbocycles. The average molecular weight is 211 g/mol. The highest BCUT2D eigenvalue weighted by atomic mass is 16.3. The van der Waals surface area contributed by atoms with Crippen LogP contribution in [0.4, 0.5) is 0 Å². The van der Waals surface area contributed by atoms with Gasteiger partial charge in [0.2, 0.25) is 0 Å². The van der Waals surface area contributed by atoms with Gasteiger partial charge in [0, 0.05) is 0 Å². The average Bonchev–Trinajstić information content (AvgIpc) is 2.33. The zero-order chi connectivity index (χ0) is 11.4. The summed E-state index contributed by atoms with van der Waals surface area (Å²) in [5, 5.41) is 9.20. The molecule has 0 saturated heterocycles. The van der Waals surface area contributed by atoms with E-state index in [1.165, 1.54) is 16.7 Å². The summed E-state index contributed by atoms with van der Waals surface area (Å²) in [4.78, 5) is 0. The highest BCUT2D eigenvalue weighted by Crippen LogP contribution is 2.19. The van der Waals surface area contributed by atoms with Crippen molar-refractivity contribution in [3.05, 3.63) is 65.3 Å². The van der Waals surface area contributed by atoms with Gasteiger partial charge < -0.3 is 5.11 Å². The highest BCUT2D eigenvalue weighted by molar-refractivity contribution is 5.35. The van der Waals surface area contributed by atoms with Crippen molar-refractivity contribution in [2.24, 2.45) is 0 Å². The van der Waals surface area contributed by atoms with E-state index >= 15 is 0 Å². The molecule has 0 amide bonds. The first-order valence-electron chi connectivity index (χ1n) is 5.46. The molecule has 0 aromatic heterocycles. The summed E-state index contributed by atoms with van der Waals surface area (Å²) in [5.41, 5.74) is 3.97. The SMILES string of the molecule is CC(Cc1ccc(O)cc1)=C1C=C[C]=CC1. The molecular weight excluding hydrogens is 196 g/mol. The predicted molar refractivity (Wildman–Crippen MR) is 66.1 cm³/mol. The zero-order valence-corrected chi connectivity index (χ0v) is 9.40. The van der Waals surface area contributed by atoms with Crippen LogP contribution in [0.3, 0.4) is 0 Å². The number of phenolic OH excluding ortho intramolecular Hbond substituents is 1. The van der Waals surface area contributed by atoms with Crippen molar-refractivity contribution in [3.63, 3.8) is 0 Å². The van der Waals surface area contributed by atoms with Crippen molar-refractivity contribution in [1.29, 1.82) is 0 Å².